The summed E-state index contributed by atoms with van der Waals surface area (Å²) in [6.07, 6.45) is 9.87. The number of fused-ring (bicyclic) bond motifs is 1. The van der Waals surface area contributed by atoms with Crippen LogP contribution in [0.2, 0.25) is 0 Å². The number of thiophene rings is 1. The number of anilines is 1. The second-order valence-electron chi connectivity index (χ2n) is 5.67. The Morgan fingerprint density at radius 2 is 1.90 bits per heavy atom. The van der Waals surface area contributed by atoms with Gasteiger partial charge in [-0.05, 0) is 63.1 Å². The minimum absolute atomic E-state index is 0. The maximum absolute atomic E-state index is 12.0. The highest BCUT2D eigenvalue weighted by Gasteiger charge is 2.18. The van der Waals surface area contributed by atoms with Gasteiger partial charge in [0.05, 0.1) is 5.00 Å². The molecule has 0 aromatic carbocycles. The fraction of sp³-hybridized carbons (Fsp3) is 0.688. The number of rotatable bonds is 7. The Hall–Kier alpha value is -0.580. The smallest absolute Gasteiger partial charge is 0.224 e. The Bertz CT molecular complexity index is 459. The van der Waals surface area contributed by atoms with Crippen molar-refractivity contribution in [1.29, 1.82) is 0 Å². The third kappa shape index (κ3) is 5.28. The van der Waals surface area contributed by atoms with Crippen molar-refractivity contribution < 1.29 is 4.79 Å². The van der Waals surface area contributed by atoms with Crippen LogP contribution in [-0.2, 0) is 17.6 Å². The molecule has 5 heteroatoms. The number of aryl methyl sites for hydroxylation is 1. The molecule has 3 N–H and O–H groups in total. The molecule has 3 nitrogen and oxygen atoms in total. The molecular weight excluding hydrogens is 304 g/mol. The monoisotopic (exact) mass is 330 g/mol. The molecule has 0 saturated carbocycles. The lowest BCUT2D eigenvalue weighted by molar-refractivity contribution is -0.116. The molecule has 0 radical (unpaired) electrons. The molecule has 1 aliphatic rings. The van der Waals surface area contributed by atoms with E-state index in [4.69, 9.17) is 5.73 Å². The Labute approximate surface area is 138 Å². The number of hydrogen-bond acceptors (Lipinski definition) is 3. The molecule has 0 saturated heterocycles. The molecule has 2 rings (SSSR count). The van der Waals surface area contributed by atoms with Gasteiger partial charge in [0, 0.05) is 11.3 Å². The molecule has 1 aliphatic carbocycles. The molecule has 0 fully saturated rings. The quantitative estimate of drug-likeness (QED) is 0.736. The van der Waals surface area contributed by atoms with Gasteiger partial charge in [0.25, 0.3) is 0 Å². The van der Waals surface area contributed by atoms with Gasteiger partial charge in [-0.1, -0.05) is 12.8 Å². The van der Waals surface area contributed by atoms with Crippen molar-refractivity contribution in [3.05, 3.63) is 16.0 Å². The summed E-state index contributed by atoms with van der Waals surface area (Å²) in [5.41, 5.74) is 8.27. The number of amides is 1. The maximum Gasteiger partial charge on any atom is 0.224 e. The highest BCUT2D eigenvalue weighted by Crippen LogP contribution is 2.37. The van der Waals surface area contributed by atoms with Crippen molar-refractivity contribution in [1.82, 2.24) is 0 Å². The van der Waals surface area contributed by atoms with E-state index < -0.39 is 0 Å². The van der Waals surface area contributed by atoms with Crippen LogP contribution >= 0.6 is 23.7 Å². The summed E-state index contributed by atoms with van der Waals surface area (Å²) in [5, 5.41) is 4.20. The van der Waals surface area contributed by atoms with Crippen LogP contribution in [0.15, 0.2) is 0 Å². The Morgan fingerprint density at radius 1 is 1.19 bits per heavy atom. The third-order valence-corrected chi connectivity index (χ3v) is 5.36. The van der Waals surface area contributed by atoms with Gasteiger partial charge in [0.15, 0.2) is 0 Å². The number of carbonyl (C=O) groups is 1. The molecular formula is C16H27ClN2OS. The molecule has 1 heterocycles. The third-order valence-electron chi connectivity index (χ3n) is 4.05. The summed E-state index contributed by atoms with van der Waals surface area (Å²) in [6, 6.07) is 0. The molecule has 1 aromatic rings. The Balaban J connectivity index is 0.00000220. The number of halogens is 1. The van der Waals surface area contributed by atoms with Gasteiger partial charge in [-0.3, -0.25) is 4.79 Å². The van der Waals surface area contributed by atoms with E-state index in [-0.39, 0.29) is 18.3 Å². The zero-order chi connectivity index (χ0) is 14.4. The lowest BCUT2D eigenvalue weighted by Gasteiger charge is -2.10. The summed E-state index contributed by atoms with van der Waals surface area (Å²) < 4.78 is 0. The van der Waals surface area contributed by atoms with E-state index in [1.54, 1.807) is 11.3 Å². The summed E-state index contributed by atoms with van der Waals surface area (Å²) in [6.45, 7) is 2.91. The molecule has 0 spiro atoms. The fourth-order valence-corrected chi connectivity index (χ4v) is 4.13. The predicted octanol–water partition coefficient (Wildman–Crippen LogP) is 4.20. The van der Waals surface area contributed by atoms with Crippen molar-refractivity contribution in [3.8, 4) is 0 Å². The van der Waals surface area contributed by atoms with Gasteiger partial charge in [-0.2, -0.15) is 0 Å². The summed E-state index contributed by atoms with van der Waals surface area (Å²) in [5.74, 6) is 0.166. The molecule has 0 bridgehead atoms. The van der Waals surface area contributed by atoms with Crippen LogP contribution < -0.4 is 11.1 Å². The van der Waals surface area contributed by atoms with Crippen LogP contribution in [0.25, 0.3) is 0 Å². The Kier molecular flexibility index (Phi) is 8.30. The van der Waals surface area contributed by atoms with Gasteiger partial charge >= 0.3 is 0 Å². The van der Waals surface area contributed by atoms with Crippen LogP contribution in [0.3, 0.4) is 0 Å². The van der Waals surface area contributed by atoms with Gasteiger partial charge in [-0.25, -0.2) is 0 Å². The SMILES string of the molecule is Cc1c(NC(=O)CCCCCCN)sc2c1CCCC2.Cl. The zero-order valence-electron chi connectivity index (χ0n) is 12.9. The molecule has 0 aliphatic heterocycles. The Morgan fingerprint density at radius 3 is 2.62 bits per heavy atom. The average molecular weight is 331 g/mol. The molecule has 120 valence electrons. The van der Waals surface area contributed by atoms with Crippen LogP contribution in [-0.4, -0.2) is 12.5 Å². The zero-order valence-corrected chi connectivity index (χ0v) is 14.5. The van der Waals surface area contributed by atoms with E-state index >= 15 is 0 Å². The van der Waals surface area contributed by atoms with Gasteiger partial charge < -0.3 is 11.1 Å². The summed E-state index contributed by atoms with van der Waals surface area (Å²) in [7, 11) is 0. The van der Waals surface area contributed by atoms with Crippen molar-refractivity contribution >= 4 is 34.7 Å². The normalized spacial score (nSPS) is 13.4. The molecule has 21 heavy (non-hydrogen) atoms. The average Bonchev–Trinajstić information content (AvgIpc) is 2.76. The molecule has 0 unspecified atom stereocenters. The van der Waals surface area contributed by atoms with Gasteiger partial charge in [0.2, 0.25) is 5.91 Å². The van der Waals surface area contributed by atoms with Crippen molar-refractivity contribution in [3.63, 3.8) is 0 Å². The molecule has 0 atom stereocenters. The lowest BCUT2D eigenvalue weighted by atomic mass is 9.96. The van der Waals surface area contributed by atoms with Crippen LogP contribution in [0.1, 0.15) is 60.9 Å². The first-order valence-corrected chi connectivity index (χ1v) is 8.65. The highest BCUT2D eigenvalue weighted by atomic mass is 35.5. The van der Waals surface area contributed by atoms with Crippen LogP contribution in [0.5, 0.6) is 0 Å². The molecule has 1 aromatic heterocycles. The van der Waals surface area contributed by atoms with Crippen LogP contribution in [0, 0.1) is 6.92 Å². The summed E-state index contributed by atoms with van der Waals surface area (Å²) in [4.78, 5) is 13.5. The first-order chi connectivity index (χ1) is 9.72. The standard InChI is InChI=1S/C16H26N2OS.ClH/c1-12-13-8-5-6-9-14(13)20-16(12)18-15(19)10-4-2-3-7-11-17;/h2-11,17H2,1H3,(H,18,19);1H. The van der Waals surface area contributed by atoms with E-state index in [9.17, 15) is 4.79 Å². The molecule has 1 amide bonds. The van der Waals surface area contributed by atoms with E-state index in [0.29, 0.717) is 6.42 Å². The number of nitrogens with two attached hydrogens (primary N) is 1. The number of hydrogen-bond donors (Lipinski definition) is 2. The van der Waals surface area contributed by atoms with E-state index in [1.165, 1.54) is 41.7 Å². The lowest BCUT2D eigenvalue weighted by Crippen LogP contribution is -2.11. The minimum atomic E-state index is 0. The minimum Gasteiger partial charge on any atom is -0.330 e. The van der Waals surface area contributed by atoms with Crippen LogP contribution in [0.4, 0.5) is 5.00 Å². The fourth-order valence-electron chi connectivity index (χ4n) is 2.82. The van der Waals surface area contributed by atoms with E-state index in [1.807, 2.05) is 0 Å². The van der Waals surface area contributed by atoms with Gasteiger partial charge in [0.1, 0.15) is 0 Å². The summed E-state index contributed by atoms with van der Waals surface area (Å²) >= 11 is 1.79. The first kappa shape index (κ1) is 18.5. The first-order valence-electron chi connectivity index (χ1n) is 7.83. The maximum atomic E-state index is 12.0. The largest absolute Gasteiger partial charge is 0.330 e. The number of carbonyl (C=O) groups excluding carboxylic acids is 1. The van der Waals surface area contributed by atoms with Gasteiger partial charge in [-0.15, -0.1) is 23.7 Å². The predicted molar refractivity (Wildman–Crippen MR) is 93.7 cm³/mol. The van der Waals surface area contributed by atoms with Crippen molar-refractivity contribution in [2.24, 2.45) is 5.73 Å². The number of nitrogens with one attached hydrogen (secondary N) is 1. The van der Waals surface area contributed by atoms with E-state index in [0.717, 1.165) is 37.2 Å². The topological polar surface area (TPSA) is 55.1 Å². The van der Waals surface area contributed by atoms with Crippen molar-refractivity contribution in [2.75, 3.05) is 11.9 Å². The van der Waals surface area contributed by atoms with E-state index in [2.05, 4.69) is 12.2 Å². The van der Waals surface area contributed by atoms with Crippen molar-refractivity contribution in [2.45, 2.75) is 64.7 Å². The highest BCUT2D eigenvalue weighted by molar-refractivity contribution is 7.16. The second kappa shape index (κ2) is 9.44. The second-order valence-corrected chi connectivity index (χ2v) is 6.77. The number of unbranched alkanes of at least 4 members (excludes halogenated alkanes) is 3.